The summed E-state index contributed by atoms with van der Waals surface area (Å²) in [6, 6.07) is 9.56. The summed E-state index contributed by atoms with van der Waals surface area (Å²) in [6.07, 6.45) is 0.189. The first-order valence-electron chi connectivity index (χ1n) is 7.17. The molecule has 0 radical (unpaired) electrons. The van der Waals surface area contributed by atoms with Gasteiger partial charge in [-0.3, -0.25) is 4.68 Å². The van der Waals surface area contributed by atoms with Crippen LogP contribution in [0.3, 0.4) is 0 Å². The molecule has 1 aromatic carbocycles. The van der Waals surface area contributed by atoms with Crippen LogP contribution in [0.4, 0.5) is 0 Å². The maximum Gasteiger partial charge on any atom is 0.121 e. The standard InChI is InChI=1S/C16H22N2O2/c1-4-13-11-15(18(5-2)17-13)16(19)12-8-7-9-14(10-12)20-6-3/h7-11,16,19H,4-6H2,1-3H3. The molecule has 0 aliphatic carbocycles. The van der Waals surface area contributed by atoms with E-state index in [0.717, 1.165) is 35.7 Å². The predicted molar refractivity (Wildman–Crippen MR) is 79.0 cm³/mol. The van der Waals surface area contributed by atoms with Gasteiger partial charge in [-0.2, -0.15) is 5.10 Å². The molecule has 0 fully saturated rings. The topological polar surface area (TPSA) is 47.3 Å². The summed E-state index contributed by atoms with van der Waals surface area (Å²) in [5.41, 5.74) is 2.66. The average Bonchev–Trinajstić information content (AvgIpc) is 2.90. The number of benzene rings is 1. The molecule has 2 aromatic rings. The van der Waals surface area contributed by atoms with Crippen molar-refractivity contribution in [2.45, 2.75) is 39.8 Å². The zero-order chi connectivity index (χ0) is 14.5. The molecule has 1 atom stereocenters. The van der Waals surface area contributed by atoms with Crippen molar-refractivity contribution in [3.63, 3.8) is 0 Å². The smallest absolute Gasteiger partial charge is 0.121 e. The van der Waals surface area contributed by atoms with Crippen LogP contribution in [0.1, 0.15) is 43.8 Å². The van der Waals surface area contributed by atoms with Crippen molar-refractivity contribution in [2.75, 3.05) is 6.61 Å². The molecule has 2 rings (SSSR count). The summed E-state index contributed by atoms with van der Waals surface area (Å²) < 4.78 is 7.34. The molecular weight excluding hydrogens is 252 g/mol. The van der Waals surface area contributed by atoms with Gasteiger partial charge in [-0.25, -0.2) is 0 Å². The lowest BCUT2D eigenvalue weighted by Crippen LogP contribution is -2.09. The highest BCUT2D eigenvalue weighted by Gasteiger charge is 2.17. The van der Waals surface area contributed by atoms with Gasteiger partial charge in [0.2, 0.25) is 0 Å². The first-order valence-corrected chi connectivity index (χ1v) is 7.17. The Bertz CT molecular complexity index is 563. The molecule has 1 N–H and O–H groups in total. The van der Waals surface area contributed by atoms with Crippen LogP contribution in [0, 0.1) is 0 Å². The van der Waals surface area contributed by atoms with Gasteiger partial charge >= 0.3 is 0 Å². The van der Waals surface area contributed by atoms with Gasteiger partial charge in [0.1, 0.15) is 11.9 Å². The first-order chi connectivity index (χ1) is 9.69. The Labute approximate surface area is 120 Å². The van der Waals surface area contributed by atoms with Crippen molar-refractivity contribution in [1.82, 2.24) is 9.78 Å². The summed E-state index contributed by atoms with van der Waals surface area (Å²) in [5.74, 6) is 0.780. The summed E-state index contributed by atoms with van der Waals surface area (Å²) in [7, 11) is 0. The van der Waals surface area contributed by atoms with Crippen molar-refractivity contribution in [1.29, 1.82) is 0 Å². The van der Waals surface area contributed by atoms with E-state index in [1.54, 1.807) is 0 Å². The number of aliphatic hydroxyl groups excluding tert-OH is 1. The molecule has 0 spiro atoms. The molecule has 0 bridgehead atoms. The maximum atomic E-state index is 10.6. The normalized spacial score (nSPS) is 12.4. The van der Waals surface area contributed by atoms with Crippen molar-refractivity contribution < 1.29 is 9.84 Å². The third kappa shape index (κ3) is 3.02. The number of aryl methyl sites for hydroxylation is 2. The molecule has 108 valence electrons. The molecule has 1 unspecified atom stereocenters. The van der Waals surface area contributed by atoms with Gasteiger partial charge in [0, 0.05) is 6.54 Å². The molecule has 20 heavy (non-hydrogen) atoms. The fourth-order valence-electron chi connectivity index (χ4n) is 2.24. The predicted octanol–water partition coefficient (Wildman–Crippen LogP) is 2.95. The highest BCUT2D eigenvalue weighted by atomic mass is 16.5. The van der Waals surface area contributed by atoms with Crippen molar-refractivity contribution in [3.8, 4) is 5.75 Å². The van der Waals surface area contributed by atoms with E-state index in [-0.39, 0.29) is 0 Å². The SMILES string of the molecule is CCOc1cccc(C(O)c2cc(CC)nn2CC)c1. The van der Waals surface area contributed by atoms with Gasteiger partial charge in [0.15, 0.2) is 0 Å². The highest BCUT2D eigenvalue weighted by Crippen LogP contribution is 2.26. The molecule has 4 nitrogen and oxygen atoms in total. The molecule has 4 heteroatoms. The van der Waals surface area contributed by atoms with Crippen LogP contribution in [0.25, 0.3) is 0 Å². The lowest BCUT2D eigenvalue weighted by Gasteiger charge is -2.14. The minimum Gasteiger partial charge on any atom is -0.494 e. The Morgan fingerprint density at radius 3 is 2.70 bits per heavy atom. The number of aliphatic hydroxyl groups is 1. The zero-order valence-corrected chi connectivity index (χ0v) is 12.3. The lowest BCUT2D eigenvalue weighted by molar-refractivity contribution is 0.207. The monoisotopic (exact) mass is 274 g/mol. The van der Waals surface area contributed by atoms with Crippen LogP contribution in [-0.4, -0.2) is 21.5 Å². The van der Waals surface area contributed by atoms with Crippen molar-refractivity contribution in [2.24, 2.45) is 0 Å². The van der Waals surface area contributed by atoms with Gasteiger partial charge in [-0.15, -0.1) is 0 Å². The second-order valence-corrected chi connectivity index (χ2v) is 4.64. The van der Waals surface area contributed by atoms with Gasteiger partial charge in [0.25, 0.3) is 0 Å². The van der Waals surface area contributed by atoms with E-state index < -0.39 is 6.10 Å². The van der Waals surface area contributed by atoms with Crippen molar-refractivity contribution >= 4 is 0 Å². The minimum atomic E-state index is -0.678. The van der Waals surface area contributed by atoms with Crippen LogP contribution < -0.4 is 4.74 Å². The summed E-state index contributed by atoms with van der Waals surface area (Å²) in [5, 5.41) is 15.1. The minimum absolute atomic E-state index is 0.617. The van der Waals surface area contributed by atoms with E-state index >= 15 is 0 Å². The van der Waals surface area contributed by atoms with Crippen LogP contribution in [0.2, 0.25) is 0 Å². The number of hydrogen-bond donors (Lipinski definition) is 1. The van der Waals surface area contributed by atoms with E-state index in [1.165, 1.54) is 0 Å². The van der Waals surface area contributed by atoms with Crippen LogP contribution in [-0.2, 0) is 13.0 Å². The highest BCUT2D eigenvalue weighted by molar-refractivity contribution is 5.34. The van der Waals surface area contributed by atoms with E-state index in [4.69, 9.17) is 4.74 Å². The summed E-state index contributed by atoms with van der Waals surface area (Å²) >= 11 is 0. The zero-order valence-electron chi connectivity index (χ0n) is 12.3. The molecule has 0 aliphatic heterocycles. The quantitative estimate of drug-likeness (QED) is 0.881. The number of rotatable bonds is 6. The summed E-state index contributed by atoms with van der Waals surface area (Å²) in [6.45, 7) is 7.40. The Balaban J connectivity index is 2.32. The molecule has 0 saturated heterocycles. The Morgan fingerprint density at radius 2 is 2.05 bits per heavy atom. The number of hydrogen-bond acceptors (Lipinski definition) is 3. The second kappa shape index (κ2) is 6.57. The number of nitrogens with zero attached hydrogens (tertiary/aromatic N) is 2. The maximum absolute atomic E-state index is 10.6. The van der Waals surface area contributed by atoms with E-state index in [2.05, 4.69) is 12.0 Å². The third-order valence-electron chi connectivity index (χ3n) is 3.29. The van der Waals surface area contributed by atoms with Gasteiger partial charge in [-0.05, 0) is 44.0 Å². The Hall–Kier alpha value is -1.81. The van der Waals surface area contributed by atoms with Crippen molar-refractivity contribution in [3.05, 3.63) is 47.3 Å². The molecular formula is C16H22N2O2. The molecule has 1 aromatic heterocycles. The number of aromatic nitrogens is 2. The third-order valence-corrected chi connectivity index (χ3v) is 3.29. The molecule has 0 saturated carbocycles. The first kappa shape index (κ1) is 14.6. The van der Waals surface area contributed by atoms with Crippen LogP contribution in [0.5, 0.6) is 5.75 Å². The lowest BCUT2D eigenvalue weighted by atomic mass is 10.1. The molecule has 0 aliphatic rings. The fourth-order valence-corrected chi connectivity index (χ4v) is 2.24. The molecule has 1 heterocycles. The average molecular weight is 274 g/mol. The van der Waals surface area contributed by atoms with E-state index in [1.807, 2.05) is 48.9 Å². The fraction of sp³-hybridized carbons (Fsp3) is 0.438. The van der Waals surface area contributed by atoms with Gasteiger partial charge in [-0.1, -0.05) is 19.1 Å². The van der Waals surface area contributed by atoms with E-state index in [9.17, 15) is 5.11 Å². The van der Waals surface area contributed by atoms with Gasteiger partial charge in [0.05, 0.1) is 18.0 Å². The largest absolute Gasteiger partial charge is 0.494 e. The Morgan fingerprint density at radius 1 is 1.25 bits per heavy atom. The molecule has 0 amide bonds. The van der Waals surface area contributed by atoms with Gasteiger partial charge < -0.3 is 9.84 Å². The van der Waals surface area contributed by atoms with E-state index in [0.29, 0.717) is 6.61 Å². The summed E-state index contributed by atoms with van der Waals surface area (Å²) in [4.78, 5) is 0. The second-order valence-electron chi connectivity index (χ2n) is 4.64. The van der Waals surface area contributed by atoms with Crippen LogP contribution >= 0.6 is 0 Å². The number of ether oxygens (including phenoxy) is 1. The Kier molecular flexibility index (Phi) is 4.79. The van der Waals surface area contributed by atoms with Crippen LogP contribution in [0.15, 0.2) is 30.3 Å².